The van der Waals surface area contributed by atoms with E-state index < -0.39 is 0 Å². The van der Waals surface area contributed by atoms with Gasteiger partial charge in [-0.15, -0.1) is 0 Å². The summed E-state index contributed by atoms with van der Waals surface area (Å²) in [7, 11) is 0. The van der Waals surface area contributed by atoms with Crippen molar-refractivity contribution in [1.29, 1.82) is 0 Å². The molecule has 1 heterocycles. The molecule has 0 saturated carbocycles. The molecule has 19 heavy (non-hydrogen) atoms. The zero-order chi connectivity index (χ0) is 13.5. The Morgan fingerprint density at radius 2 is 2.00 bits per heavy atom. The second kappa shape index (κ2) is 7.26. The zero-order valence-corrected chi connectivity index (χ0v) is 11.3. The number of carbonyl (C=O) groups excluding carboxylic acids is 1. The number of ether oxygens (including phenoxy) is 3. The van der Waals surface area contributed by atoms with E-state index >= 15 is 0 Å². The lowest BCUT2D eigenvalue weighted by atomic mass is 10.1. The summed E-state index contributed by atoms with van der Waals surface area (Å²) in [6.45, 7) is 4.09. The quantitative estimate of drug-likeness (QED) is 0.585. The first-order valence-electron chi connectivity index (χ1n) is 6.69. The van der Waals surface area contributed by atoms with Crippen LogP contribution in [-0.2, 0) is 9.47 Å². The van der Waals surface area contributed by atoms with Crippen LogP contribution >= 0.6 is 0 Å². The van der Waals surface area contributed by atoms with Crippen LogP contribution in [0.4, 0.5) is 0 Å². The zero-order valence-electron chi connectivity index (χ0n) is 11.3. The number of hydrogen-bond acceptors (Lipinski definition) is 4. The molecule has 1 aromatic rings. The number of ketones is 1. The molecule has 0 spiro atoms. The standard InChI is InChI=1S/C15H20O4/c1-12(16)14-4-2-3-5-15(14)19-11-10-18-13-6-8-17-9-7-13/h2-5,13H,6-11H2,1H3. The third-order valence-corrected chi connectivity index (χ3v) is 3.13. The average Bonchev–Trinajstić information content (AvgIpc) is 2.45. The topological polar surface area (TPSA) is 44.8 Å². The second-order valence-corrected chi connectivity index (χ2v) is 4.58. The molecule has 1 aliphatic rings. The Morgan fingerprint density at radius 1 is 1.26 bits per heavy atom. The number of carbonyl (C=O) groups is 1. The van der Waals surface area contributed by atoms with Gasteiger partial charge in [-0.05, 0) is 31.9 Å². The summed E-state index contributed by atoms with van der Waals surface area (Å²) in [4.78, 5) is 11.4. The van der Waals surface area contributed by atoms with Gasteiger partial charge in [0.15, 0.2) is 5.78 Å². The summed E-state index contributed by atoms with van der Waals surface area (Å²) in [6.07, 6.45) is 2.18. The molecule has 1 aromatic carbocycles. The van der Waals surface area contributed by atoms with E-state index in [2.05, 4.69) is 0 Å². The van der Waals surface area contributed by atoms with Crippen LogP contribution in [0.1, 0.15) is 30.1 Å². The number of para-hydroxylation sites is 1. The molecule has 4 heteroatoms. The van der Waals surface area contributed by atoms with Crippen molar-refractivity contribution in [2.45, 2.75) is 25.9 Å². The molecule has 2 rings (SSSR count). The fourth-order valence-corrected chi connectivity index (χ4v) is 2.09. The van der Waals surface area contributed by atoms with Crippen molar-refractivity contribution in [3.63, 3.8) is 0 Å². The largest absolute Gasteiger partial charge is 0.490 e. The van der Waals surface area contributed by atoms with Gasteiger partial charge in [0, 0.05) is 13.2 Å². The Bertz CT molecular complexity index is 410. The normalized spacial score (nSPS) is 16.3. The van der Waals surface area contributed by atoms with E-state index in [0.29, 0.717) is 24.5 Å². The highest BCUT2D eigenvalue weighted by Gasteiger charge is 2.14. The molecule has 0 aliphatic carbocycles. The molecular formula is C15H20O4. The summed E-state index contributed by atoms with van der Waals surface area (Å²) < 4.78 is 16.6. The molecule has 1 saturated heterocycles. The van der Waals surface area contributed by atoms with Gasteiger partial charge in [-0.1, -0.05) is 12.1 Å². The van der Waals surface area contributed by atoms with Crippen molar-refractivity contribution in [2.24, 2.45) is 0 Å². The van der Waals surface area contributed by atoms with E-state index in [4.69, 9.17) is 14.2 Å². The SMILES string of the molecule is CC(=O)c1ccccc1OCCOC1CCOCC1. The van der Waals surface area contributed by atoms with Gasteiger partial charge in [0.05, 0.1) is 18.3 Å². The third-order valence-electron chi connectivity index (χ3n) is 3.13. The maximum atomic E-state index is 11.4. The average molecular weight is 264 g/mol. The third kappa shape index (κ3) is 4.33. The summed E-state index contributed by atoms with van der Waals surface area (Å²) in [6, 6.07) is 7.28. The maximum absolute atomic E-state index is 11.4. The Morgan fingerprint density at radius 3 is 2.74 bits per heavy atom. The molecular weight excluding hydrogens is 244 g/mol. The van der Waals surface area contributed by atoms with Crippen LogP contribution in [0.25, 0.3) is 0 Å². The first kappa shape index (κ1) is 14.0. The van der Waals surface area contributed by atoms with Gasteiger partial charge in [0.1, 0.15) is 12.4 Å². The van der Waals surface area contributed by atoms with Gasteiger partial charge in [-0.3, -0.25) is 4.79 Å². The maximum Gasteiger partial charge on any atom is 0.163 e. The van der Waals surface area contributed by atoms with Crippen molar-refractivity contribution >= 4 is 5.78 Å². The smallest absolute Gasteiger partial charge is 0.163 e. The van der Waals surface area contributed by atoms with E-state index in [1.165, 1.54) is 0 Å². The number of benzene rings is 1. The highest BCUT2D eigenvalue weighted by molar-refractivity contribution is 5.96. The van der Waals surface area contributed by atoms with Crippen molar-refractivity contribution in [3.8, 4) is 5.75 Å². The lowest BCUT2D eigenvalue weighted by molar-refractivity contribution is -0.0388. The van der Waals surface area contributed by atoms with E-state index in [0.717, 1.165) is 26.1 Å². The minimum atomic E-state index is 0.0148. The van der Waals surface area contributed by atoms with E-state index in [1.54, 1.807) is 13.0 Å². The van der Waals surface area contributed by atoms with Crippen LogP contribution in [0.2, 0.25) is 0 Å². The predicted molar refractivity (Wildman–Crippen MR) is 71.7 cm³/mol. The van der Waals surface area contributed by atoms with Gasteiger partial charge < -0.3 is 14.2 Å². The van der Waals surface area contributed by atoms with E-state index in [9.17, 15) is 4.79 Å². The van der Waals surface area contributed by atoms with Crippen LogP contribution < -0.4 is 4.74 Å². The van der Waals surface area contributed by atoms with Crippen molar-refractivity contribution in [3.05, 3.63) is 29.8 Å². The Hall–Kier alpha value is -1.39. The fourth-order valence-electron chi connectivity index (χ4n) is 2.09. The minimum absolute atomic E-state index is 0.0148. The second-order valence-electron chi connectivity index (χ2n) is 4.58. The number of hydrogen-bond donors (Lipinski definition) is 0. The van der Waals surface area contributed by atoms with Crippen molar-refractivity contribution < 1.29 is 19.0 Å². The molecule has 0 atom stereocenters. The Kier molecular flexibility index (Phi) is 5.36. The van der Waals surface area contributed by atoms with E-state index in [-0.39, 0.29) is 11.9 Å². The molecule has 0 unspecified atom stereocenters. The van der Waals surface area contributed by atoms with Crippen molar-refractivity contribution in [2.75, 3.05) is 26.4 Å². The van der Waals surface area contributed by atoms with Crippen LogP contribution in [0.3, 0.4) is 0 Å². The summed E-state index contributed by atoms with van der Waals surface area (Å²) in [5, 5.41) is 0. The molecule has 1 fully saturated rings. The Labute approximate surface area is 113 Å². The summed E-state index contributed by atoms with van der Waals surface area (Å²) >= 11 is 0. The molecule has 104 valence electrons. The Balaban J connectivity index is 1.74. The first-order chi connectivity index (χ1) is 9.27. The van der Waals surface area contributed by atoms with Gasteiger partial charge in [-0.25, -0.2) is 0 Å². The molecule has 0 amide bonds. The number of Topliss-reactive ketones (excluding diaryl/α,β-unsaturated/α-hetero) is 1. The van der Waals surface area contributed by atoms with Crippen LogP contribution in [0.15, 0.2) is 24.3 Å². The van der Waals surface area contributed by atoms with E-state index in [1.807, 2.05) is 18.2 Å². The van der Waals surface area contributed by atoms with Crippen LogP contribution in [-0.4, -0.2) is 38.3 Å². The lowest BCUT2D eigenvalue weighted by Crippen LogP contribution is -2.25. The predicted octanol–water partition coefficient (Wildman–Crippen LogP) is 2.46. The molecule has 0 bridgehead atoms. The summed E-state index contributed by atoms with van der Waals surface area (Å²) in [5.74, 6) is 0.645. The first-order valence-corrected chi connectivity index (χ1v) is 6.69. The molecule has 0 radical (unpaired) electrons. The highest BCUT2D eigenvalue weighted by atomic mass is 16.5. The van der Waals surface area contributed by atoms with Crippen molar-refractivity contribution in [1.82, 2.24) is 0 Å². The molecule has 1 aliphatic heterocycles. The molecule has 4 nitrogen and oxygen atoms in total. The summed E-state index contributed by atoms with van der Waals surface area (Å²) in [5.41, 5.74) is 0.619. The van der Waals surface area contributed by atoms with Crippen LogP contribution in [0, 0.1) is 0 Å². The van der Waals surface area contributed by atoms with Gasteiger partial charge in [0.2, 0.25) is 0 Å². The minimum Gasteiger partial charge on any atom is -0.490 e. The van der Waals surface area contributed by atoms with Crippen LogP contribution in [0.5, 0.6) is 5.75 Å². The van der Waals surface area contributed by atoms with Gasteiger partial charge >= 0.3 is 0 Å². The lowest BCUT2D eigenvalue weighted by Gasteiger charge is -2.22. The number of rotatable bonds is 6. The van der Waals surface area contributed by atoms with Gasteiger partial charge in [-0.2, -0.15) is 0 Å². The highest BCUT2D eigenvalue weighted by Crippen LogP contribution is 2.18. The molecule has 0 N–H and O–H groups in total. The van der Waals surface area contributed by atoms with Gasteiger partial charge in [0.25, 0.3) is 0 Å². The fraction of sp³-hybridized carbons (Fsp3) is 0.533. The monoisotopic (exact) mass is 264 g/mol. The molecule has 0 aromatic heterocycles.